The molecule has 3 aromatic carbocycles. The number of nitriles is 1. The summed E-state index contributed by atoms with van der Waals surface area (Å²) in [6, 6.07) is 27.5. The third kappa shape index (κ3) is 4.93. The summed E-state index contributed by atoms with van der Waals surface area (Å²) in [4.78, 5) is 18.1. The number of anilines is 1. The van der Waals surface area contributed by atoms with Crippen molar-refractivity contribution in [3.8, 4) is 17.3 Å². The van der Waals surface area contributed by atoms with E-state index in [1.54, 1.807) is 18.2 Å². The minimum atomic E-state index is -0.409. The monoisotopic (exact) mass is 524 g/mol. The molecule has 2 heterocycles. The van der Waals surface area contributed by atoms with Crippen LogP contribution in [0, 0.1) is 11.3 Å². The summed E-state index contributed by atoms with van der Waals surface area (Å²) in [7, 11) is 0. The van der Waals surface area contributed by atoms with E-state index >= 15 is 0 Å². The largest absolute Gasteiger partial charge is 0.341 e. The highest BCUT2D eigenvalue weighted by Gasteiger charge is 2.22. The molecule has 0 bridgehead atoms. The van der Waals surface area contributed by atoms with Crippen LogP contribution in [0.25, 0.3) is 33.1 Å². The SMILES string of the molecule is CCC(Sc1nc(-c2ccc(Cl)cc2)ccc1C#N)C(=O)Nc1ccc2c(c1)c1ccccc1n2CC. The Balaban J connectivity index is 1.41. The number of fused-ring (bicyclic) bond motifs is 3. The fourth-order valence-electron chi connectivity index (χ4n) is 4.55. The van der Waals surface area contributed by atoms with E-state index in [1.807, 2.05) is 49.4 Å². The second-order valence-corrected chi connectivity index (χ2v) is 10.3. The molecule has 1 atom stereocenters. The number of halogens is 1. The molecule has 1 unspecified atom stereocenters. The number of benzene rings is 3. The molecule has 7 heteroatoms. The van der Waals surface area contributed by atoms with Crippen LogP contribution in [-0.4, -0.2) is 20.7 Å². The molecular formula is C30H25ClN4OS. The van der Waals surface area contributed by atoms with Gasteiger partial charge in [-0.3, -0.25) is 4.79 Å². The van der Waals surface area contributed by atoms with Crippen LogP contribution in [0.4, 0.5) is 5.69 Å². The maximum Gasteiger partial charge on any atom is 0.237 e. The Hall–Kier alpha value is -3.79. The number of para-hydroxylation sites is 1. The summed E-state index contributed by atoms with van der Waals surface area (Å²) in [5.41, 5.74) is 5.15. The summed E-state index contributed by atoms with van der Waals surface area (Å²) in [5.74, 6) is -0.117. The van der Waals surface area contributed by atoms with Gasteiger partial charge in [0.25, 0.3) is 0 Å². The second-order valence-electron chi connectivity index (χ2n) is 8.67. The van der Waals surface area contributed by atoms with Crippen molar-refractivity contribution < 1.29 is 4.79 Å². The van der Waals surface area contributed by atoms with Crippen molar-refractivity contribution in [2.45, 2.75) is 37.1 Å². The molecule has 1 amide bonds. The van der Waals surface area contributed by atoms with Crippen LogP contribution in [-0.2, 0) is 11.3 Å². The third-order valence-electron chi connectivity index (χ3n) is 6.39. The van der Waals surface area contributed by atoms with Gasteiger partial charge in [-0.15, -0.1) is 0 Å². The summed E-state index contributed by atoms with van der Waals surface area (Å²) in [5, 5.41) is 15.8. The number of hydrogen-bond acceptors (Lipinski definition) is 4. The normalized spacial score (nSPS) is 11.9. The van der Waals surface area contributed by atoms with E-state index < -0.39 is 5.25 Å². The number of aryl methyl sites for hydroxylation is 1. The van der Waals surface area contributed by atoms with Crippen LogP contribution < -0.4 is 5.32 Å². The molecule has 184 valence electrons. The molecule has 0 fully saturated rings. The number of nitrogens with one attached hydrogen (secondary N) is 1. The summed E-state index contributed by atoms with van der Waals surface area (Å²) < 4.78 is 2.28. The number of carbonyl (C=O) groups excluding carboxylic acids is 1. The first-order chi connectivity index (χ1) is 18.0. The lowest BCUT2D eigenvalue weighted by Crippen LogP contribution is -2.24. The molecule has 5 rings (SSSR count). The summed E-state index contributed by atoms with van der Waals surface area (Å²) >= 11 is 7.34. The van der Waals surface area contributed by atoms with Crippen molar-refractivity contribution in [3.05, 3.63) is 89.4 Å². The molecule has 37 heavy (non-hydrogen) atoms. The van der Waals surface area contributed by atoms with Gasteiger partial charge in [-0.2, -0.15) is 5.26 Å². The number of pyridine rings is 1. The summed E-state index contributed by atoms with van der Waals surface area (Å²) in [6.45, 7) is 4.97. The Morgan fingerprint density at radius 2 is 1.78 bits per heavy atom. The zero-order chi connectivity index (χ0) is 25.9. The molecule has 0 spiro atoms. The predicted octanol–water partition coefficient (Wildman–Crippen LogP) is 7.91. The number of nitrogens with zero attached hydrogens (tertiary/aromatic N) is 3. The topological polar surface area (TPSA) is 70.7 Å². The fourth-order valence-corrected chi connectivity index (χ4v) is 5.67. The van der Waals surface area contributed by atoms with E-state index in [-0.39, 0.29) is 5.91 Å². The van der Waals surface area contributed by atoms with E-state index in [4.69, 9.17) is 16.6 Å². The van der Waals surface area contributed by atoms with E-state index in [9.17, 15) is 10.1 Å². The standard InChI is InChI=1S/C30H25ClN4OS/c1-3-28(37-30-20(18-32)11-15-25(34-30)19-9-12-21(31)13-10-19)29(36)33-22-14-16-27-24(17-22)23-7-5-6-8-26(23)35(27)4-2/h5-17,28H,3-4H2,1-2H3,(H,33,36). The van der Waals surface area contributed by atoms with E-state index in [2.05, 4.69) is 41.1 Å². The molecule has 0 aliphatic carbocycles. The number of hydrogen-bond donors (Lipinski definition) is 1. The molecule has 0 saturated carbocycles. The maximum atomic E-state index is 13.3. The van der Waals surface area contributed by atoms with Gasteiger partial charge in [-0.1, -0.05) is 60.6 Å². The van der Waals surface area contributed by atoms with Gasteiger partial charge in [0.1, 0.15) is 11.1 Å². The van der Waals surface area contributed by atoms with Crippen molar-refractivity contribution in [2.24, 2.45) is 0 Å². The molecule has 0 radical (unpaired) electrons. The fraction of sp³-hybridized carbons (Fsp3) is 0.167. The average Bonchev–Trinajstić information content (AvgIpc) is 3.25. The molecule has 0 aliphatic heterocycles. The van der Waals surface area contributed by atoms with Crippen molar-refractivity contribution >= 4 is 56.8 Å². The Morgan fingerprint density at radius 1 is 1.03 bits per heavy atom. The number of amides is 1. The van der Waals surface area contributed by atoms with Crippen LogP contribution in [0.5, 0.6) is 0 Å². The van der Waals surface area contributed by atoms with Gasteiger partial charge in [-0.25, -0.2) is 4.98 Å². The molecule has 0 aliphatic rings. The van der Waals surface area contributed by atoms with E-state index in [0.29, 0.717) is 22.0 Å². The maximum absolute atomic E-state index is 13.3. The van der Waals surface area contributed by atoms with Crippen molar-refractivity contribution in [1.29, 1.82) is 5.26 Å². The van der Waals surface area contributed by atoms with Crippen LogP contribution in [0.2, 0.25) is 5.02 Å². The Labute approximate surface area is 225 Å². The minimum Gasteiger partial charge on any atom is -0.341 e. The van der Waals surface area contributed by atoms with Gasteiger partial charge in [0, 0.05) is 44.6 Å². The molecular weight excluding hydrogens is 500 g/mol. The molecule has 5 aromatic rings. The third-order valence-corrected chi connectivity index (χ3v) is 8.01. The van der Waals surface area contributed by atoms with Crippen LogP contribution >= 0.6 is 23.4 Å². The first kappa shape index (κ1) is 24.9. The van der Waals surface area contributed by atoms with Crippen molar-refractivity contribution in [1.82, 2.24) is 9.55 Å². The van der Waals surface area contributed by atoms with Gasteiger partial charge >= 0.3 is 0 Å². The predicted molar refractivity (Wildman–Crippen MR) is 153 cm³/mol. The molecule has 5 nitrogen and oxygen atoms in total. The van der Waals surface area contributed by atoms with E-state index in [0.717, 1.165) is 34.4 Å². The number of thioether (sulfide) groups is 1. The van der Waals surface area contributed by atoms with Crippen molar-refractivity contribution in [3.63, 3.8) is 0 Å². The van der Waals surface area contributed by atoms with Gasteiger partial charge in [0.2, 0.25) is 5.91 Å². The minimum absolute atomic E-state index is 0.117. The lowest BCUT2D eigenvalue weighted by Gasteiger charge is -2.16. The van der Waals surface area contributed by atoms with Gasteiger partial charge < -0.3 is 9.88 Å². The van der Waals surface area contributed by atoms with Crippen LogP contribution in [0.1, 0.15) is 25.8 Å². The van der Waals surface area contributed by atoms with Crippen molar-refractivity contribution in [2.75, 3.05) is 5.32 Å². The first-order valence-electron chi connectivity index (χ1n) is 12.2. The Kier molecular flexibility index (Phi) is 7.18. The zero-order valence-electron chi connectivity index (χ0n) is 20.5. The molecule has 2 aromatic heterocycles. The second kappa shape index (κ2) is 10.7. The molecule has 1 N–H and O–H groups in total. The Bertz CT molecular complexity index is 1650. The first-order valence-corrected chi connectivity index (χ1v) is 13.4. The highest BCUT2D eigenvalue weighted by Crippen LogP contribution is 2.33. The smallest absolute Gasteiger partial charge is 0.237 e. The lowest BCUT2D eigenvalue weighted by atomic mass is 10.1. The highest BCUT2D eigenvalue weighted by atomic mass is 35.5. The number of rotatable bonds is 7. The number of aromatic nitrogens is 2. The lowest BCUT2D eigenvalue weighted by molar-refractivity contribution is -0.115. The van der Waals surface area contributed by atoms with Gasteiger partial charge in [0.15, 0.2) is 0 Å². The summed E-state index contributed by atoms with van der Waals surface area (Å²) in [6.07, 6.45) is 0.589. The van der Waals surface area contributed by atoms with Gasteiger partial charge in [0.05, 0.1) is 16.5 Å². The van der Waals surface area contributed by atoms with E-state index in [1.165, 1.54) is 22.7 Å². The van der Waals surface area contributed by atoms with Crippen LogP contribution in [0.3, 0.4) is 0 Å². The zero-order valence-corrected chi connectivity index (χ0v) is 22.1. The molecule has 0 saturated heterocycles. The average molecular weight is 525 g/mol. The highest BCUT2D eigenvalue weighted by molar-refractivity contribution is 8.00. The van der Waals surface area contributed by atoms with Gasteiger partial charge in [-0.05, 0) is 61.9 Å². The van der Waals surface area contributed by atoms with Crippen LogP contribution in [0.15, 0.2) is 83.9 Å². The quantitative estimate of drug-likeness (QED) is 0.219. The Morgan fingerprint density at radius 3 is 2.51 bits per heavy atom. The number of carbonyl (C=O) groups is 1.